The molecule has 0 aromatic carbocycles. The lowest BCUT2D eigenvalue weighted by Crippen LogP contribution is -2.32. The number of nitrogens with two attached hydrogens (primary N) is 1. The van der Waals surface area contributed by atoms with E-state index in [4.69, 9.17) is 10.8 Å². The molecular formula is C8H18N2O2. The van der Waals surface area contributed by atoms with E-state index in [0.29, 0.717) is 5.92 Å². The summed E-state index contributed by atoms with van der Waals surface area (Å²) in [5.74, 6) is 0.100. The van der Waals surface area contributed by atoms with Crippen molar-refractivity contribution in [1.29, 1.82) is 0 Å². The zero-order chi connectivity index (χ0) is 9.40. The van der Waals surface area contributed by atoms with Gasteiger partial charge in [0.1, 0.15) is 0 Å². The molecule has 0 saturated heterocycles. The fourth-order valence-electron chi connectivity index (χ4n) is 1.03. The van der Waals surface area contributed by atoms with Gasteiger partial charge < -0.3 is 16.2 Å². The Balaban J connectivity index is 3.37. The lowest BCUT2D eigenvalue weighted by molar-refractivity contribution is -0.117. The molecule has 0 saturated carbocycles. The average molecular weight is 174 g/mol. The summed E-state index contributed by atoms with van der Waals surface area (Å²) in [5, 5.41) is 11.6. The molecule has 1 unspecified atom stereocenters. The number of aliphatic hydroxyl groups is 1. The summed E-state index contributed by atoms with van der Waals surface area (Å²) in [6, 6.07) is 0. The Bertz CT molecular complexity index is 128. The van der Waals surface area contributed by atoms with Crippen LogP contribution in [0.15, 0.2) is 0 Å². The molecule has 72 valence electrons. The van der Waals surface area contributed by atoms with Gasteiger partial charge >= 0.3 is 0 Å². The van der Waals surface area contributed by atoms with Gasteiger partial charge in [-0.2, -0.15) is 0 Å². The highest BCUT2D eigenvalue weighted by molar-refractivity contribution is 5.75. The molecule has 0 spiro atoms. The molecule has 0 rings (SSSR count). The Hall–Kier alpha value is -0.610. The monoisotopic (exact) mass is 174 g/mol. The quantitative estimate of drug-likeness (QED) is 0.485. The lowest BCUT2D eigenvalue weighted by atomic mass is 10.0. The second kappa shape index (κ2) is 7.06. The topological polar surface area (TPSA) is 75.3 Å². The van der Waals surface area contributed by atoms with Crippen molar-refractivity contribution >= 4 is 5.91 Å². The van der Waals surface area contributed by atoms with Crippen LogP contribution in [0.25, 0.3) is 0 Å². The van der Waals surface area contributed by atoms with Crippen molar-refractivity contribution in [2.75, 3.05) is 19.7 Å². The van der Waals surface area contributed by atoms with Gasteiger partial charge in [-0.25, -0.2) is 0 Å². The number of primary amides is 1. The standard InChI is InChI=1S/C8H18N2O2/c1-2-7(3-4-11)5-10-6-8(9)12/h7,10-11H,2-6H2,1H3,(H2,9,12). The fourth-order valence-corrected chi connectivity index (χ4v) is 1.03. The minimum atomic E-state index is -0.339. The van der Waals surface area contributed by atoms with E-state index in [0.717, 1.165) is 19.4 Å². The highest BCUT2D eigenvalue weighted by Crippen LogP contribution is 2.04. The highest BCUT2D eigenvalue weighted by atomic mass is 16.3. The Morgan fingerprint density at radius 1 is 1.67 bits per heavy atom. The van der Waals surface area contributed by atoms with Gasteiger partial charge in [0.2, 0.25) is 5.91 Å². The SMILES string of the molecule is CCC(CCO)CNCC(N)=O. The number of amides is 1. The van der Waals surface area contributed by atoms with Crippen molar-refractivity contribution in [2.45, 2.75) is 19.8 Å². The summed E-state index contributed by atoms with van der Waals surface area (Å²) in [6.45, 7) is 3.24. The zero-order valence-electron chi connectivity index (χ0n) is 7.55. The predicted octanol–water partition coefficient (Wildman–Crippen LogP) is -0.530. The van der Waals surface area contributed by atoms with Crippen molar-refractivity contribution in [3.63, 3.8) is 0 Å². The van der Waals surface area contributed by atoms with Gasteiger partial charge in [0.05, 0.1) is 6.54 Å². The molecule has 4 N–H and O–H groups in total. The van der Waals surface area contributed by atoms with Gasteiger partial charge in [0.25, 0.3) is 0 Å². The molecule has 0 aliphatic carbocycles. The van der Waals surface area contributed by atoms with Crippen LogP contribution in [0.2, 0.25) is 0 Å². The van der Waals surface area contributed by atoms with E-state index >= 15 is 0 Å². The van der Waals surface area contributed by atoms with Crippen molar-refractivity contribution in [3.05, 3.63) is 0 Å². The smallest absolute Gasteiger partial charge is 0.231 e. The van der Waals surface area contributed by atoms with Crippen LogP contribution in [0.3, 0.4) is 0 Å². The molecule has 0 aliphatic heterocycles. The third-order valence-electron chi connectivity index (χ3n) is 1.85. The summed E-state index contributed by atoms with van der Waals surface area (Å²) < 4.78 is 0. The number of carbonyl (C=O) groups excluding carboxylic acids is 1. The maximum atomic E-state index is 10.3. The Morgan fingerprint density at radius 2 is 2.33 bits per heavy atom. The first-order valence-electron chi connectivity index (χ1n) is 4.30. The van der Waals surface area contributed by atoms with Gasteiger partial charge in [-0.3, -0.25) is 4.79 Å². The molecule has 0 fully saturated rings. The first-order chi connectivity index (χ1) is 5.70. The highest BCUT2D eigenvalue weighted by Gasteiger charge is 2.04. The fraction of sp³-hybridized carbons (Fsp3) is 0.875. The maximum absolute atomic E-state index is 10.3. The van der Waals surface area contributed by atoms with E-state index in [1.54, 1.807) is 0 Å². The first kappa shape index (κ1) is 11.4. The summed E-state index contributed by atoms with van der Waals surface area (Å²) in [6.07, 6.45) is 1.79. The van der Waals surface area contributed by atoms with Gasteiger partial charge in [-0.05, 0) is 18.9 Å². The molecule has 0 radical (unpaired) electrons. The van der Waals surface area contributed by atoms with E-state index < -0.39 is 0 Å². The van der Waals surface area contributed by atoms with Crippen molar-refractivity contribution in [2.24, 2.45) is 11.7 Å². The van der Waals surface area contributed by atoms with E-state index in [1.165, 1.54) is 0 Å². The third kappa shape index (κ3) is 6.12. The molecule has 0 heterocycles. The predicted molar refractivity (Wildman–Crippen MR) is 47.5 cm³/mol. The molecule has 4 nitrogen and oxygen atoms in total. The van der Waals surface area contributed by atoms with Crippen LogP contribution >= 0.6 is 0 Å². The van der Waals surface area contributed by atoms with E-state index in [9.17, 15) is 4.79 Å². The van der Waals surface area contributed by atoms with E-state index in [2.05, 4.69) is 12.2 Å². The molecule has 0 aliphatic rings. The number of hydrogen-bond acceptors (Lipinski definition) is 3. The summed E-state index contributed by atoms with van der Waals surface area (Å²) in [7, 11) is 0. The molecule has 4 heteroatoms. The molecular weight excluding hydrogens is 156 g/mol. The summed E-state index contributed by atoms with van der Waals surface area (Å²) >= 11 is 0. The van der Waals surface area contributed by atoms with Crippen LogP contribution in [0.1, 0.15) is 19.8 Å². The Morgan fingerprint density at radius 3 is 2.75 bits per heavy atom. The maximum Gasteiger partial charge on any atom is 0.231 e. The van der Waals surface area contributed by atoms with Crippen LogP contribution in [-0.2, 0) is 4.79 Å². The molecule has 0 bridgehead atoms. The van der Waals surface area contributed by atoms with E-state index in [1.807, 2.05) is 0 Å². The Kier molecular flexibility index (Phi) is 6.70. The van der Waals surface area contributed by atoms with Crippen LogP contribution < -0.4 is 11.1 Å². The lowest BCUT2D eigenvalue weighted by Gasteiger charge is -2.12. The van der Waals surface area contributed by atoms with Crippen LogP contribution in [0, 0.1) is 5.92 Å². The minimum absolute atomic E-state index is 0.205. The summed E-state index contributed by atoms with van der Waals surface area (Å²) in [4.78, 5) is 10.3. The number of aliphatic hydroxyl groups excluding tert-OH is 1. The number of carbonyl (C=O) groups is 1. The van der Waals surface area contributed by atoms with Gasteiger partial charge in [-0.15, -0.1) is 0 Å². The molecule has 1 amide bonds. The molecule has 0 aromatic rings. The molecule has 1 atom stereocenters. The second-order valence-corrected chi connectivity index (χ2v) is 2.88. The first-order valence-corrected chi connectivity index (χ1v) is 4.30. The van der Waals surface area contributed by atoms with Crippen molar-refractivity contribution < 1.29 is 9.90 Å². The normalized spacial score (nSPS) is 12.8. The van der Waals surface area contributed by atoms with Crippen molar-refractivity contribution in [1.82, 2.24) is 5.32 Å². The minimum Gasteiger partial charge on any atom is -0.396 e. The summed E-state index contributed by atoms with van der Waals surface area (Å²) in [5.41, 5.74) is 4.94. The van der Waals surface area contributed by atoms with Gasteiger partial charge in [-0.1, -0.05) is 13.3 Å². The Labute approximate surface area is 73.1 Å². The number of nitrogens with one attached hydrogen (secondary N) is 1. The number of rotatable bonds is 7. The van der Waals surface area contributed by atoms with E-state index in [-0.39, 0.29) is 19.1 Å². The largest absolute Gasteiger partial charge is 0.396 e. The molecule has 0 aromatic heterocycles. The third-order valence-corrected chi connectivity index (χ3v) is 1.85. The van der Waals surface area contributed by atoms with Gasteiger partial charge in [0, 0.05) is 6.61 Å². The number of hydrogen-bond donors (Lipinski definition) is 3. The second-order valence-electron chi connectivity index (χ2n) is 2.88. The van der Waals surface area contributed by atoms with Gasteiger partial charge in [0.15, 0.2) is 0 Å². The van der Waals surface area contributed by atoms with Crippen LogP contribution in [0.4, 0.5) is 0 Å². The molecule has 12 heavy (non-hydrogen) atoms. The van der Waals surface area contributed by atoms with Crippen LogP contribution in [0.5, 0.6) is 0 Å². The zero-order valence-corrected chi connectivity index (χ0v) is 7.55. The van der Waals surface area contributed by atoms with Crippen LogP contribution in [-0.4, -0.2) is 30.7 Å². The average Bonchev–Trinajstić information content (AvgIpc) is 2.02. The van der Waals surface area contributed by atoms with Crippen molar-refractivity contribution in [3.8, 4) is 0 Å².